The molecule has 0 saturated carbocycles. The summed E-state index contributed by atoms with van der Waals surface area (Å²) in [6.45, 7) is 11.4. The molecule has 1 aromatic rings. The highest BCUT2D eigenvalue weighted by molar-refractivity contribution is 5.82. The van der Waals surface area contributed by atoms with E-state index < -0.39 is 0 Å². The molecule has 2 saturated heterocycles. The predicted molar refractivity (Wildman–Crippen MR) is 107 cm³/mol. The number of rotatable bonds is 5. The van der Waals surface area contributed by atoms with E-state index in [2.05, 4.69) is 52.8 Å². The largest absolute Gasteiger partial charge is 0.340 e. The molecule has 0 aromatic heterocycles. The summed E-state index contributed by atoms with van der Waals surface area (Å²) in [6.07, 6.45) is 5.70. The third-order valence-electron chi connectivity index (χ3n) is 5.96. The van der Waals surface area contributed by atoms with Gasteiger partial charge < -0.3 is 4.90 Å². The highest BCUT2D eigenvalue weighted by Gasteiger charge is 2.32. The van der Waals surface area contributed by atoms with Gasteiger partial charge in [-0.2, -0.15) is 0 Å². The van der Waals surface area contributed by atoms with Crippen molar-refractivity contribution in [2.24, 2.45) is 0 Å². The van der Waals surface area contributed by atoms with Crippen LogP contribution in [-0.4, -0.2) is 65.9 Å². The Morgan fingerprint density at radius 3 is 2.69 bits per heavy atom. The van der Waals surface area contributed by atoms with Gasteiger partial charge in [0, 0.05) is 32.7 Å². The molecule has 4 nitrogen and oxygen atoms in total. The van der Waals surface area contributed by atoms with E-state index in [9.17, 15) is 4.79 Å². The highest BCUT2D eigenvalue weighted by atomic mass is 16.2. The zero-order valence-corrected chi connectivity index (χ0v) is 16.6. The van der Waals surface area contributed by atoms with Crippen molar-refractivity contribution in [2.45, 2.75) is 58.5 Å². The van der Waals surface area contributed by atoms with Gasteiger partial charge in [-0.3, -0.25) is 14.6 Å². The minimum Gasteiger partial charge on any atom is -0.340 e. The van der Waals surface area contributed by atoms with E-state index in [-0.39, 0.29) is 6.04 Å². The van der Waals surface area contributed by atoms with Crippen molar-refractivity contribution >= 4 is 5.91 Å². The summed E-state index contributed by atoms with van der Waals surface area (Å²) < 4.78 is 0. The van der Waals surface area contributed by atoms with Crippen LogP contribution in [0, 0.1) is 6.92 Å². The van der Waals surface area contributed by atoms with Gasteiger partial charge in [0.25, 0.3) is 0 Å². The summed E-state index contributed by atoms with van der Waals surface area (Å²) in [7, 11) is 0. The van der Waals surface area contributed by atoms with Crippen LogP contribution in [-0.2, 0) is 11.3 Å². The van der Waals surface area contributed by atoms with E-state index in [1.807, 2.05) is 0 Å². The first-order valence-electron chi connectivity index (χ1n) is 10.5. The topological polar surface area (TPSA) is 26.8 Å². The molecule has 1 aromatic carbocycles. The van der Waals surface area contributed by atoms with Gasteiger partial charge in [-0.1, -0.05) is 37.6 Å². The Morgan fingerprint density at radius 1 is 1.04 bits per heavy atom. The minimum absolute atomic E-state index is 0.131. The SMILES string of the molecule is CCCN1CCCCC1C(=O)N1CCCN(Cc2ccccc2C)CC1. The lowest BCUT2D eigenvalue weighted by Gasteiger charge is -2.37. The lowest BCUT2D eigenvalue weighted by Crippen LogP contribution is -2.51. The van der Waals surface area contributed by atoms with Gasteiger partial charge in [0.1, 0.15) is 0 Å². The number of likely N-dealkylation sites (tertiary alicyclic amines) is 1. The molecule has 26 heavy (non-hydrogen) atoms. The Bertz CT molecular complexity index is 587. The second-order valence-electron chi connectivity index (χ2n) is 7.93. The summed E-state index contributed by atoms with van der Waals surface area (Å²) in [6, 6.07) is 8.78. The van der Waals surface area contributed by atoms with Crippen LogP contribution in [0.1, 0.15) is 50.2 Å². The maximum atomic E-state index is 13.2. The van der Waals surface area contributed by atoms with Crippen molar-refractivity contribution in [1.82, 2.24) is 14.7 Å². The zero-order valence-electron chi connectivity index (χ0n) is 16.6. The Labute approximate surface area is 159 Å². The lowest BCUT2D eigenvalue weighted by molar-refractivity contribution is -0.138. The number of amides is 1. The molecule has 1 unspecified atom stereocenters. The molecule has 2 fully saturated rings. The standard InChI is InChI=1S/C22H35N3O/c1-3-12-24-14-7-6-11-21(24)22(26)25-15-8-13-23(16-17-25)18-20-10-5-4-9-19(20)2/h4-5,9-10,21H,3,6-8,11-18H2,1-2H3. The van der Waals surface area contributed by atoms with Crippen molar-refractivity contribution in [3.05, 3.63) is 35.4 Å². The van der Waals surface area contributed by atoms with E-state index in [0.717, 1.165) is 65.1 Å². The highest BCUT2D eigenvalue weighted by Crippen LogP contribution is 2.20. The van der Waals surface area contributed by atoms with Crippen LogP contribution >= 0.6 is 0 Å². The number of carbonyl (C=O) groups excluding carboxylic acids is 1. The molecule has 4 heteroatoms. The van der Waals surface area contributed by atoms with E-state index >= 15 is 0 Å². The molecule has 0 aliphatic carbocycles. The number of benzene rings is 1. The van der Waals surface area contributed by atoms with Gasteiger partial charge in [0.05, 0.1) is 6.04 Å². The average Bonchev–Trinajstić information content (AvgIpc) is 2.89. The second-order valence-corrected chi connectivity index (χ2v) is 7.93. The number of nitrogens with zero attached hydrogens (tertiary/aromatic N) is 3. The first kappa shape index (κ1) is 19.4. The monoisotopic (exact) mass is 357 g/mol. The van der Waals surface area contributed by atoms with Crippen molar-refractivity contribution in [3.63, 3.8) is 0 Å². The first-order valence-corrected chi connectivity index (χ1v) is 10.5. The van der Waals surface area contributed by atoms with Gasteiger partial charge in [0.2, 0.25) is 5.91 Å². The third kappa shape index (κ3) is 4.86. The molecule has 2 heterocycles. The minimum atomic E-state index is 0.131. The van der Waals surface area contributed by atoms with Gasteiger partial charge in [0.15, 0.2) is 0 Å². The van der Waals surface area contributed by atoms with Gasteiger partial charge in [-0.25, -0.2) is 0 Å². The van der Waals surface area contributed by atoms with Crippen molar-refractivity contribution in [1.29, 1.82) is 0 Å². The fraction of sp³-hybridized carbons (Fsp3) is 0.682. The molecule has 0 N–H and O–H groups in total. The number of hydrogen-bond donors (Lipinski definition) is 0. The Hall–Kier alpha value is -1.39. The van der Waals surface area contributed by atoms with E-state index in [1.54, 1.807) is 0 Å². The van der Waals surface area contributed by atoms with E-state index in [4.69, 9.17) is 0 Å². The Morgan fingerprint density at radius 2 is 1.88 bits per heavy atom. The van der Waals surface area contributed by atoms with Crippen LogP contribution in [0.3, 0.4) is 0 Å². The fourth-order valence-corrected chi connectivity index (χ4v) is 4.41. The Kier molecular flexibility index (Phi) is 7.09. The third-order valence-corrected chi connectivity index (χ3v) is 5.96. The molecule has 2 aliphatic rings. The normalized spacial score (nSPS) is 23.0. The summed E-state index contributed by atoms with van der Waals surface area (Å²) in [5.74, 6) is 0.385. The van der Waals surface area contributed by atoms with Crippen LogP contribution in [0.2, 0.25) is 0 Å². The van der Waals surface area contributed by atoms with Crippen LogP contribution in [0.25, 0.3) is 0 Å². The van der Waals surface area contributed by atoms with Gasteiger partial charge in [-0.05, 0) is 56.8 Å². The predicted octanol–water partition coefficient (Wildman–Crippen LogP) is 3.29. The maximum absolute atomic E-state index is 13.2. The maximum Gasteiger partial charge on any atom is 0.239 e. The van der Waals surface area contributed by atoms with Crippen LogP contribution in [0.5, 0.6) is 0 Å². The molecule has 1 atom stereocenters. The molecule has 0 spiro atoms. The Balaban J connectivity index is 1.57. The number of piperidine rings is 1. The van der Waals surface area contributed by atoms with E-state index in [0.29, 0.717) is 5.91 Å². The number of hydrogen-bond acceptors (Lipinski definition) is 3. The van der Waals surface area contributed by atoms with Crippen molar-refractivity contribution < 1.29 is 4.79 Å². The summed E-state index contributed by atoms with van der Waals surface area (Å²) >= 11 is 0. The van der Waals surface area contributed by atoms with Crippen LogP contribution in [0.4, 0.5) is 0 Å². The van der Waals surface area contributed by atoms with Crippen molar-refractivity contribution in [2.75, 3.05) is 39.3 Å². The molecule has 0 radical (unpaired) electrons. The zero-order chi connectivity index (χ0) is 18.4. The summed E-state index contributed by atoms with van der Waals surface area (Å²) in [5, 5.41) is 0. The molecule has 1 amide bonds. The lowest BCUT2D eigenvalue weighted by atomic mass is 10.0. The average molecular weight is 358 g/mol. The number of aryl methyl sites for hydroxylation is 1. The van der Waals surface area contributed by atoms with E-state index in [1.165, 1.54) is 24.0 Å². The van der Waals surface area contributed by atoms with Crippen LogP contribution in [0.15, 0.2) is 24.3 Å². The van der Waals surface area contributed by atoms with Crippen LogP contribution < -0.4 is 0 Å². The summed E-state index contributed by atoms with van der Waals surface area (Å²) in [4.78, 5) is 20.3. The van der Waals surface area contributed by atoms with Gasteiger partial charge >= 0.3 is 0 Å². The smallest absolute Gasteiger partial charge is 0.239 e. The van der Waals surface area contributed by atoms with Gasteiger partial charge in [-0.15, -0.1) is 0 Å². The summed E-state index contributed by atoms with van der Waals surface area (Å²) in [5.41, 5.74) is 2.77. The molecular formula is C22H35N3O. The van der Waals surface area contributed by atoms with Crippen molar-refractivity contribution in [3.8, 4) is 0 Å². The molecule has 144 valence electrons. The first-order chi connectivity index (χ1) is 12.7. The number of carbonyl (C=O) groups is 1. The molecular weight excluding hydrogens is 322 g/mol. The molecule has 3 rings (SSSR count). The molecule has 0 bridgehead atoms. The fourth-order valence-electron chi connectivity index (χ4n) is 4.41. The second kappa shape index (κ2) is 9.52. The molecule has 2 aliphatic heterocycles. The quantitative estimate of drug-likeness (QED) is 0.809.